The van der Waals surface area contributed by atoms with Crippen LogP contribution in [0.15, 0.2) is 54.6 Å². The first-order valence-electron chi connectivity index (χ1n) is 7.19. The molecule has 0 radical (unpaired) electrons. The lowest BCUT2D eigenvalue weighted by atomic mass is 10.2. The summed E-state index contributed by atoms with van der Waals surface area (Å²) in [6, 6.07) is 17.5. The molecule has 2 aromatic rings. The minimum atomic E-state index is -3.71. The van der Waals surface area contributed by atoms with Gasteiger partial charge in [0.05, 0.1) is 17.5 Å². The molecule has 6 nitrogen and oxygen atoms in total. The third-order valence-electron chi connectivity index (χ3n) is 3.31. The average Bonchev–Trinajstić information content (AvgIpc) is 2.58. The number of rotatable bonds is 6. The van der Waals surface area contributed by atoms with Gasteiger partial charge >= 0.3 is 0 Å². The van der Waals surface area contributed by atoms with Gasteiger partial charge in [-0.25, -0.2) is 8.42 Å². The summed E-state index contributed by atoms with van der Waals surface area (Å²) < 4.78 is 25.0. The Bertz CT molecular complexity index is 858. The van der Waals surface area contributed by atoms with Gasteiger partial charge in [-0.05, 0) is 17.7 Å². The molecular weight excluding hydrogens is 326 g/mol. The Balaban J connectivity index is 2.15. The highest BCUT2D eigenvalue weighted by Crippen LogP contribution is 2.21. The van der Waals surface area contributed by atoms with Crippen LogP contribution in [-0.4, -0.2) is 27.1 Å². The number of carbonyl (C=O) groups is 1. The van der Waals surface area contributed by atoms with Crippen LogP contribution >= 0.6 is 0 Å². The van der Waals surface area contributed by atoms with E-state index in [1.807, 2.05) is 36.4 Å². The van der Waals surface area contributed by atoms with Gasteiger partial charge in [-0.1, -0.05) is 42.5 Å². The molecule has 0 heterocycles. The molecule has 124 valence electrons. The predicted molar refractivity (Wildman–Crippen MR) is 91.6 cm³/mol. The average molecular weight is 343 g/mol. The van der Waals surface area contributed by atoms with Crippen LogP contribution in [0.2, 0.25) is 0 Å². The molecule has 0 atom stereocenters. The molecule has 0 saturated carbocycles. The number of benzene rings is 2. The Hall–Kier alpha value is -2.85. The van der Waals surface area contributed by atoms with E-state index in [9.17, 15) is 13.2 Å². The van der Waals surface area contributed by atoms with Crippen molar-refractivity contribution in [2.24, 2.45) is 0 Å². The number of nitrogens with zero attached hydrogens (tertiary/aromatic N) is 2. The Morgan fingerprint density at radius 1 is 1.12 bits per heavy atom. The second-order valence-electron chi connectivity index (χ2n) is 5.16. The van der Waals surface area contributed by atoms with Gasteiger partial charge in [-0.3, -0.25) is 9.10 Å². The zero-order valence-corrected chi connectivity index (χ0v) is 14.0. The number of anilines is 1. The van der Waals surface area contributed by atoms with Crippen molar-refractivity contribution in [2.75, 3.05) is 17.1 Å². The Labute approximate surface area is 141 Å². The van der Waals surface area contributed by atoms with Crippen LogP contribution in [0.3, 0.4) is 0 Å². The molecule has 1 amide bonds. The first-order valence-corrected chi connectivity index (χ1v) is 9.04. The maximum atomic E-state index is 12.1. The normalized spacial score (nSPS) is 10.7. The van der Waals surface area contributed by atoms with Gasteiger partial charge in [0.25, 0.3) is 0 Å². The summed E-state index contributed by atoms with van der Waals surface area (Å²) in [5.41, 5.74) is 1.30. The van der Waals surface area contributed by atoms with Gasteiger partial charge in [-0.15, -0.1) is 0 Å². The standard InChI is InChI=1S/C17H17N3O3S/c1-24(22,23)20(16-10-6-5-9-15(16)11-18)13-17(21)19-12-14-7-3-2-4-8-14/h2-10H,12-13H2,1H3,(H,19,21). The van der Waals surface area contributed by atoms with Gasteiger partial charge < -0.3 is 5.32 Å². The van der Waals surface area contributed by atoms with Crippen LogP contribution < -0.4 is 9.62 Å². The first-order chi connectivity index (χ1) is 11.4. The number of hydrogen-bond donors (Lipinski definition) is 1. The Kier molecular flexibility index (Phi) is 5.55. The van der Waals surface area contributed by atoms with Crippen molar-refractivity contribution >= 4 is 21.6 Å². The van der Waals surface area contributed by atoms with E-state index in [0.29, 0.717) is 6.54 Å². The second kappa shape index (κ2) is 7.62. The van der Waals surface area contributed by atoms with E-state index in [0.717, 1.165) is 16.1 Å². The lowest BCUT2D eigenvalue weighted by Crippen LogP contribution is -2.40. The number of nitrogens with one attached hydrogen (secondary N) is 1. The van der Waals surface area contributed by atoms with E-state index in [1.165, 1.54) is 12.1 Å². The molecule has 0 aromatic heterocycles. The SMILES string of the molecule is CS(=O)(=O)N(CC(=O)NCc1ccccc1)c1ccccc1C#N. The van der Waals surface area contributed by atoms with Crippen molar-refractivity contribution < 1.29 is 13.2 Å². The van der Waals surface area contributed by atoms with Crippen LogP contribution in [0.25, 0.3) is 0 Å². The van der Waals surface area contributed by atoms with Crippen LogP contribution in [0, 0.1) is 11.3 Å². The molecule has 0 aliphatic heterocycles. The fourth-order valence-corrected chi connectivity index (χ4v) is 3.02. The van der Waals surface area contributed by atoms with Crippen LogP contribution in [0.4, 0.5) is 5.69 Å². The summed E-state index contributed by atoms with van der Waals surface area (Å²) >= 11 is 0. The summed E-state index contributed by atoms with van der Waals surface area (Å²) in [6.45, 7) is -0.0818. The number of sulfonamides is 1. The molecule has 0 aliphatic rings. The van der Waals surface area contributed by atoms with Crippen LogP contribution in [-0.2, 0) is 21.4 Å². The van der Waals surface area contributed by atoms with E-state index in [4.69, 9.17) is 5.26 Å². The molecule has 0 aliphatic carbocycles. The predicted octanol–water partition coefficient (Wildman–Crippen LogP) is 1.64. The zero-order valence-electron chi connectivity index (χ0n) is 13.1. The molecule has 24 heavy (non-hydrogen) atoms. The third-order valence-corrected chi connectivity index (χ3v) is 4.44. The van der Waals surface area contributed by atoms with Crippen molar-refractivity contribution in [1.82, 2.24) is 5.32 Å². The highest BCUT2D eigenvalue weighted by Gasteiger charge is 2.23. The monoisotopic (exact) mass is 343 g/mol. The molecule has 0 spiro atoms. The maximum Gasteiger partial charge on any atom is 0.241 e. The van der Waals surface area contributed by atoms with E-state index >= 15 is 0 Å². The van der Waals surface area contributed by atoms with Gasteiger partial charge in [-0.2, -0.15) is 5.26 Å². The van der Waals surface area contributed by atoms with E-state index in [1.54, 1.807) is 12.1 Å². The molecule has 7 heteroatoms. The van der Waals surface area contributed by atoms with Crippen molar-refractivity contribution in [3.8, 4) is 6.07 Å². The van der Waals surface area contributed by atoms with Gasteiger partial charge in [0.2, 0.25) is 15.9 Å². The van der Waals surface area contributed by atoms with E-state index in [-0.39, 0.29) is 17.8 Å². The molecule has 2 rings (SSSR count). The summed E-state index contributed by atoms with van der Waals surface area (Å²) in [4.78, 5) is 12.1. The second-order valence-corrected chi connectivity index (χ2v) is 7.07. The number of amides is 1. The molecule has 0 saturated heterocycles. The lowest BCUT2D eigenvalue weighted by molar-refractivity contribution is -0.119. The lowest BCUT2D eigenvalue weighted by Gasteiger charge is -2.22. The van der Waals surface area contributed by atoms with Crippen molar-refractivity contribution in [2.45, 2.75) is 6.54 Å². The smallest absolute Gasteiger partial charge is 0.241 e. The van der Waals surface area contributed by atoms with E-state index < -0.39 is 15.9 Å². The fraction of sp³-hybridized carbons (Fsp3) is 0.176. The van der Waals surface area contributed by atoms with Crippen molar-refractivity contribution in [1.29, 1.82) is 5.26 Å². The third kappa shape index (κ3) is 4.57. The quantitative estimate of drug-likeness (QED) is 0.863. The molecule has 0 unspecified atom stereocenters. The van der Waals surface area contributed by atoms with Gasteiger partial charge in [0, 0.05) is 6.54 Å². The summed E-state index contributed by atoms with van der Waals surface area (Å²) in [5.74, 6) is -0.447. The molecule has 0 fully saturated rings. The summed E-state index contributed by atoms with van der Waals surface area (Å²) in [7, 11) is -3.71. The largest absolute Gasteiger partial charge is 0.350 e. The molecular formula is C17H17N3O3S. The first kappa shape index (κ1) is 17.5. The van der Waals surface area contributed by atoms with E-state index in [2.05, 4.69) is 5.32 Å². The van der Waals surface area contributed by atoms with Crippen LogP contribution in [0.5, 0.6) is 0 Å². The maximum absolute atomic E-state index is 12.1. The minimum absolute atomic E-state index is 0.192. The van der Waals surface area contributed by atoms with Crippen molar-refractivity contribution in [3.05, 3.63) is 65.7 Å². The van der Waals surface area contributed by atoms with Crippen molar-refractivity contribution in [3.63, 3.8) is 0 Å². The Morgan fingerprint density at radius 2 is 1.75 bits per heavy atom. The highest BCUT2D eigenvalue weighted by atomic mass is 32.2. The molecule has 2 aromatic carbocycles. The zero-order chi connectivity index (χ0) is 17.6. The van der Waals surface area contributed by atoms with Crippen LogP contribution in [0.1, 0.15) is 11.1 Å². The number of nitriles is 1. The topological polar surface area (TPSA) is 90.3 Å². The fourth-order valence-electron chi connectivity index (χ4n) is 2.15. The summed E-state index contributed by atoms with van der Waals surface area (Å²) in [5, 5.41) is 11.8. The molecule has 1 N–H and O–H groups in total. The van der Waals surface area contributed by atoms with Gasteiger partial charge in [0.15, 0.2) is 0 Å². The number of para-hydroxylation sites is 1. The number of hydrogen-bond acceptors (Lipinski definition) is 4. The minimum Gasteiger partial charge on any atom is -0.350 e. The highest BCUT2D eigenvalue weighted by molar-refractivity contribution is 7.92. The Morgan fingerprint density at radius 3 is 2.38 bits per heavy atom. The number of carbonyl (C=O) groups excluding carboxylic acids is 1. The summed E-state index contributed by atoms with van der Waals surface area (Å²) in [6.07, 6.45) is 1.01. The molecule has 0 bridgehead atoms. The van der Waals surface area contributed by atoms with Gasteiger partial charge in [0.1, 0.15) is 12.6 Å².